The lowest BCUT2D eigenvalue weighted by Gasteiger charge is -2.30. The second kappa shape index (κ2) is 5.22. The molecular formula is C13H19N5O2. The van der Waals surface area contributed by atoms with Crippen LogP contribution in [0.2, 0.25) is 0 Å². The maximum atomic E-state index is 11.0. The fourth-order valence-electron chi connectivity index (χ4n) is 2.39. The quantitative estimate of drug-likeness (QED) is 0.671. The van der Waals surface area contributed by atoms with Gasteiger partial charge in [-0.05, 0) is 31.6 Å². The van der Waals surface area contributed by atoms with E-state index in [9.17, 15) is 10.1 Å². The van der Waals surface area contributed by atoms with E-state index in [0.29, 0.717) is 17.8 Å². The van der Waals surface area contributed by atoms with Crippen LogP contribution in [0.25, 0.3) is 0 Å². The van der Waals surface area contributed by atoms with Gasteiger partial charge in [0.2, 0.25) is 11.8 Å². The molecule has 1 N–H and O–H groups in total. The molecule has 2 aliphatic rings. The summed E-state index contributed by atoms with van der Waals surface area (Å²) in [5.74, 6) is 1.69. The summed E-state index contributed by atoms with van der Waals surface area (Å²) in [7, 11) is 0. The van der Waals surface area contributed by atoms with Crippen LogP contribution in [0.3, 0.4) is 0 Å². The fourth-order valence-corrected chi connectivity index (χ4v) is 2.39. The monoisotopic (exact) mass is 277 g/mol. The van der Waals surface area contributed by atoms with Crippen LogP contribution in [0.5, 0.6) is 0 Å². The lowest BCUT2D eigenvalue weighted by molar-refractivity contribution is -0.384. The predicted molar refractivity (Wildman–Crippen MR) is 75.9 cm³/mol. The standard InChI is InChI=1S/C13H19N5O2/c1-9-4-6-17(7-5-9)13-14-8-11(18(19)20)12(16-13)15-10-2-3-10/h8-10H,2-7H2,1H3,(H,14,15,16). The van der Waals surface area contributed by atoms with Gasteiger partial charge >= 0.3 is 5.69 Å². The smallest absolute Gasteiger partial charge is 0.329 e. The van der Waals surface area contributed by atoms with Gasteiger partial charge in [0.1, 0.15) is 6.20 Å². The molecule has 2 heterocycles. The average Bonchev–Trinajstić information content (AvgIpc) is 3.23. The Labute approximate surface area is 117 Å². The molecule has 0 spiro atoms. The number of piperidine rings is 1. The van der Waals surface area contributed by atoms with Gasteiger partial charge < -0.3 is 10.2 Å². The Kier molecular flexibility index (Phi) is 3.42. The number of aromatic nitrogens is 2. The minimum Gasteiger partial charge on any atom is -0.361 e. The Morgan fingerprint density at radius 2 is 2.05 bits per heavy atom. The first-order valence-electron chi connectivity index (χ1n) is 7.16. The molecule has 20 heavy (non-hydrogen) atoms. The van der Waals surface area contributed by atoms with E-state index in [1.165, 1.54) is 6.20 Å². The lowest BCUT2D eigenvalue weighted by Crippen LogP contribution is -2.34. The highest BCUT2D eigenvalue weighted by molar-refractivity contribution is 5.58. The topological polar surface area (TPSA) is 84.2 Å². The third-order valence-electron chi connectivity index (χ3n) is 3.94. The van der Waals surface area contributed by atoms with Crippen molar-refractivity contribution in [3.63, 3.8) is 0 Å². The van der Waals surface area contributed by atoms with Gasteiger partial charge in [-0.25, -0.2) is 4.98 Å². The maximum absolute atomic E-state index is 11.0. The van der Waals surface area contributed by atoms with Crippen molar-refractivity contribution in [3.8, 4) is 0 Å². The number of rotatable bonds is 4. The predicted octanol–water partition coefficient (Wildman–Crippen LogP) is 2.20. The Bertz CT molecular complexity index is 509. The molecule has 0 bridgehead atoms. The maximum Gasteiger partial charge on any atom is 0.329 e. The molecule has 1 aliphatic heterocycles. The fraction of sp³-hybridized carbons (Fsp3) is 0.692. The molecule has 7 heteroatoms. The van der Waals surface area contributed by atoms with Crippen LogP contribution in [0.4, 0.5) is 17.5 Å². The van der Waals surface area contributed by atoms with Crippen LogP contribution >= 0.6 is 0 Å². The minimum absolute atomic E-state index is 0.0361. The summed E-state index contributed by atoms with van der Waals surface area (Å²) in [6.07, 6.45) is 5.66. The zero-order valence-electron chi connectivity index (χ0n) is 11.6. The van der Waals surface area contributed by atoms with Gasteiger partial charge in [0.05, 0.1) is 4.92 Å². The molecule has 0 unspecified atom stereocenters. The molecule has 0 atom stereocenters. The number of nitrogens with zero attached hydrogens (tertiary/aromatic N) is 4. The van der Waals surface area contributed by atoms with Gasteiger partial charge in [-0.2, -0.15) is 4.98 Å². The third kappa shape index (κ3) is 2.81. The summed E-state index contributed by atoms with van der Waals surface area (Å²) in [6.45, 7) is 4.08. The summed E-state index contributed by atoms with van der Waals surface area (Å²) in [6, 6.07) is 0.331. The molecule has 3 rings (SSSR count). The van der Waals surface area contributed by atoms with Crippen molar-refractivity contribution in [1.82, 2.24) is 9.97 Å². The summed E-state index contributed by atoms with van der Waals surface area (Å²) >= 11 is 0. The van der Waals surface area contributed by atoms with Crippen molar-refractivity contribution in [2.45, 2.75) is 38.6 Å². The van der Waals surface area contributed by atoms with E-state index in [2.05, 4.69) is 27.1 Å². The number of nitrogens with one attached hydrogen (secondary N) is 1. The number of hydrogen-bond acceptors (Lipinski definition) is 6. The number of nitro groups is 1. The van der Waals surface area contributed by atoms with E-state index in [4.69, 9.17) is 0 Å². The van der Waals surface area contributed by atoms with Crippen molar-refractivity contribution in [2.75, 3.05) is 23.3 Å². The molecule has 0 radical (unpaired) electrons. The molecule has 7 nitrogen and oxygen atoms in total. The SMILES string of the molecule is CC1CCN(c2ncc([N+](=O)[O-])c(NC3CC3)n2)CC1. The summed E-state index contributed by atoms with van der Waals surface area (Å²) in [4.78, 5) is 21.3. The van der Waals surface area contributed by atoms with Crippen LogP contribution < -0.4 is 10.2 Å². The molecule has 1 saturated carbocycles. The van der Waals surface area contributed by atoms with Gasteiger partial charge in [-0.1, -0.05) is 6.92 Å². The molecule has 108 valence electrons. The van der Waals surface area contributed by atoms with E-state index in [-0.39, 0.29) is 5.69 Å². The van der Waals surface area contributed by atoms with E-state index < -0.39 is 4.92 Å². The van der Waals surface area contributed by atoms with E-state index >= 15 is 0 Å². The van der Waals surface area contributed by atoms with Crippen molar-refractivity contribution >= 4 is 17.5 Å². The van der Waals surface area contributed by atoms with Gasteiger partial charge in [0.15, 0.2) is 0 Å². The average molecular weight is 277 g/mol. The van der Waals surface area contributed by atoms with Crippen molar-refractivity contribution in [1.29, 1.82) is 0 Å². The third-order valence-corrected chi connectivity index (χ3v) is 3.94. The first kappa shape index (κ1) is 13.1. The second-order valence-corrected chi connectivity index (χ2v) is 5.75. The second-order valence-electron chi connectivity index (χ2n) is 5.75. The first-order chi connectivity index (χ1) is 9.63. The van der Waals surface area contributed by atoms with Gasteiger partial charge in [0.25, 0.3) is 0 Å². The summed E-state index contributed by atoms with van der Waals surface area (Å²) in [5, 5.41) is 14.2. The number of hydrogen-bond donors (Lipinski definition) is 1. The first-order valence-corrected chi connectivity index (χ1v) is 7.16. The van der Waals surface area contributed by atoms with Crippen molar-refractivity contribution < 1.29 is 4.92 Å². The molecule has 1 saturated heterocycles. The lowest BCUT2D eigenvalue weighted by atomic mass is 10.00. The summed E-state index contributed by atoms with van der Waals surface area (Å²) < 4.78 is 0. The van der Waals surface area contributed by atoms with Crippen molar-refractivity contribution in [2.24, 2.45) is 5.92 Å². The van der Waals surface area contributed by atoms with E-state index in [1.54, 1.807) is 0 Å². The van der Waals surface area contributed by atoms with Crippen LogP contribution in [0, 0.1) is 16.0 Å². The van der Waals surface area contributed by atoms with Crippen LogP contribution in [0.1, 0.15) is 32.6 Å². The highest BCUT2D eigenvalue weighted by atomic mass is 16.6. The van der Waals surface area contributed by atoms with E-state index in [0.717, 1.165) is 44.7 Å². The van der Waals surface area contributed by atoms with Gasteiger partial charge in [-0.3, -0.25) is 10.1 Å². The molecule has 2 fully saturated rings. The van der Waals surface area contributed by atoms with Crippen molar-refractivity contribution in [3.05, 3.63) is 16.3 Å². The highest BCUT2D eigenvalue weighted by Crippen LogP contribution is 2.30. The van der Waals surface area contributed by atoms with Gasteiger partial charge in [0, 0.05) is 19.1 Å². The Morgan fingerprint density at radius 1 is 1.35 bits per heavy atom. The zero-order chi connectivity index (χ0) is 14.1. The van der Waals surface area contributed by atoms with E-state index in [1.807, 2.05) is 0 Å². The molecule has 1 aromatic heterocycles. The molecule has 0 aromatic carbocycles. The highest BCUT2D eigenvalue weighted by Gasteiger charge is 2.27. The minimum atomic E-state index is -0.424. The normalized spacial score (nSPS) is 19.9. The molecular weight excluding hydrogens is 258 g/mol. The van der Waals surface area contributed by atoms with Crippen LogP contribution in [-0.2, 0) is 0 Å². The Hall–Kier alpha value is -1.92. The Balaban J connectivity index is 1.82. The largest absolute Gasteiger partial charge is 0.361 e. The molecule has 1 aromatic rings. The van der Waals surface area contributed by atoms with Gasteiger partial charge in [-0.15, -0.1) is 0 Å². The zero-order valence-corrected chi connectivity index (χ0v) is 11.6. The number of anilines is 2. The Morgan fingerprint density at radius 3 is 2.65 bits per heavy atom. The van der Waals surface area contributed by atoms with Crippen LogP contribution in [0.15, 0.2) is 6.20 Å². The molecule has 0 amide bonds. The molecule has 1 aliphatic carbocycles. The van der Waals surface area contributed by atoms with Crippen LogP contribution in [-0.4, -0.2) is 34.0 Å². The summed E-state index contributed by atoms with van der Waals surface area (Å²) in [5.41, 5.74) is -0.0361.